The summed E-state index contributed by atoms with van der Waals surface area (Å²) in [5.41, 5.74) is 4.86. The Hall–Kier alpha value is -1.61. The van der Waals surface area contributed by atoms with E-state index in [0.29, 0.717) is 19.6 Å². The molecule has 10 heteroatoms. The Labute approximate surface area is 150 Å². The van der Waals surface area contributed by atoms with Gasteiger partial charge in [-0.25, -0.2) is 9.97 Å². The summed E-state index contributed by atoms with van der Waals surface area (Å²) in [5, 5.41) is 0. The van der Waals surface area contributed by atoms with E-state index in [1.165, 1.54) is 0 Å². The van der Waals surface area contributed by atoms with Crippen molar-refractivity contribution >= 4 is 24.3 Å². The van der Waals surface area contributed by atoms with Crippen molar-refractivity contribution in [1.82, 2.24) is 14.9 Å². The molecule has 25 heavy (non-hydrogen) atoms. The van der Waals surface area contributed by atoms with Gasteiger partial charge < -0.3 is 15.5 Å². The minimum Gasteiger partial charge on any atom is -0.339 e. The molecule has 1 aliphatic heterocycles. The van der Waals surface area contributed by atoms with Gasteiger partial charge in [-0.1, -0.05) is 0 Å². The van der Waals surface area contributed by atoms with E-state index in [1.54, 1.807) is 0 Å². The Balaban J connectivity index is 0.00000225. The maximum absolute atomic E-state index is 12.6. The maximum Gasteiger partial charge on any atom is 0.419 e. The van der Waals surface area contributed by atoms with Crippen molar-refractivity contribution in [1.29, 1.82) is 0 Å². The van der Waals surface area contributed by atoms with Gasteiger partial charge in [0.1, 0.15) is 0 Å². The lowest BCUT2D eigenvalue weighted by atomic mass is 9.80. The molecule has 2 heterocycles. The first-order chi connectivity index (χ1) is 11.3. The number of alkyl halides is 3. The van der Waals surface area contributed by atoms with Crippen LogP contribution in [-0.2, 0) is 11.0 Å². The molecule has 0 aromatic carbocycles. The highest BCUT2D eigenvalue weighted by atomic mass is 35.5. The van der Waals surface area contributed by atoms with Crippen LogP contribution in [0.4, 0.5) is 19.1 Å². The van der Waals surface area contributed by atoms with E-state index in [0.717, 1.165) is 25.2 Å². The Morgan fingerprint density at radius 1 is 1.24 bits per heavy atom. The molecule has 1 atom stereocenters. The zero-order chi connectivity index (χ0) is 17.5. The van der Waals surface area contributed by atoms with E-state index in [2.05, 4.69) is 9.97 Å². The number of piperazine rings is 1. The molecule has 1 saturated heterocycles. The molecule has 1 aromatic rings. The third kappa shape index (κ3) is 4.14. The maximum atomic E-state index is 12.6. The summed E-state index contributed by atoms with van der Waals surface area (Å²) in [4.78, 5) is 23.7. The summed E-state index contributed by atoms with van der Waals surface area (Å²) in [6, 6.07) is 0.0615. The standard InChI is InChI=1S/C15H20F3N5O.ClH/c1-9-8-22(13(24)10-4-12(19)5-10)2-3-23(9)14-20-6-11(7-21-14)15(16,17)18;/h6-7,9-10,12H,2-5,8,19H2,1H3;1H/t9-,10?,12?;/m0./s1. The molecule has 6 nitrogen and oxygen atoms in total. The first-order valence-electron chi connectivity index (χ1n) is 7.96. The molecule has 140 valence electrons. The van der Waals surface area contributed by atoms with E-state index in [1.807, 2.05) is 16.7 Å². The molecule has 2 N–H and O–H groups in total. The predicted octanol–water partition coefficient (Wildman–Crippen LogP) is 1.69. The molecule has 2 fully saturated rings. The topological polar surface area (TPSA) is 75.3 Å². The van der Waals surface area contributed by atoms with E-state index >= 15 is 0 Å². The van der Waals surface area contributed by atoms with Gasteiger partial charge >= 0.3 is 6.18 Å². The Bertz CT molecular complexity index is 606. The number of hydrogen-bond acceptors (Lipinski definition) is 5. The summed E-state index contributed by atoms with van der Waals surface area (Å²) in [7, 11) is 0. The van der Waals surface area contributed by atoms with Gasteiger partial charge in [0.2, 0.25) is 11.9 Å². The van der Waals surface area contributed by atoms with Crippen LogP contribution in [0.1, 0.15) is 25.3 Å². The third-order valence-electron chi connectivity index (χ3n) is 4.69. The Morgan fingerprint density at radius 3 is 2.32 bits per heavy atom. The van der Waals surface area contributed by atoms with Crippen LogP contribution in [0.25, 0.3) is 0 Å². The highest BCUT2D eigenvalue weighted by molar-refractivity contribution is 5.85. The predicted molar refractivity (Wildman–Crippen MR) is 88.4 cm³/mol. The van der Waals surface area contributed by atoms with Gasteiger partial charge in [-0.2, -0.15) is 13.2 Å². The SMILES string of the molecule is C[C@H]1CN(C(=O)C2CC(N)C2)CCN1c1ncc(C(F)(F)F)cn1.Cl. The van der Waals surface area contributed by atoms with Crippen LogP contribution in [0.2, 0.25) is 0 Å². The number of rotatable bonds is 2. The number of amides is 1. The Kier molecular flexibility index (Phi) is 5.78. The minimum absolute atomic E-state index is 0. The van der Waals surface area contributed by atoms with E-state index in [4.69, 9.17) is 5.73 Å². The molecule has 3 rings (SSSR count). The Morgan fingerprint density at radius 2 is 1.84 bits per heavy atom. The molecule has 1 aromatic heterocycles. The second kappa shape index (κ2) is 7.33. The summed E-state index contributed by atoms with van der Waals surface area (Å²) < 4.78 is 37.7. The van der Waals surface area contributed by atoms with Gasteiger partial charge in [-0.05, 0) is 19.8 Å². The smallest absolute Gasteiger partial charge is 0.339 e. The fraction of sp³-hybridized carbons (Fsp3) is 0.667. The summed E-state index contributed by atoms with van der Waals surface area (Å²) in [6.07, 6.45) is -1.39. The first-order valence-corrected chi connectivity index (χ1v) is 7.96. The van der Waals surface area contributed by atoms with Crippen molar-refractivity contribution in [3.05, 3.63) is 18.0 Å². The zero-order valence-corrected chi connectivity index (χ0v) is 14.6. The lowest BCUT2D eigenvalue weighted by Gasteiger charge is -2.43. The lowest BCUT2D eigenvalue weighted by Crippen LogP contribution is -2.57. The van der Waals surface area contributed by atoms with Gasteiger partial charge in [0.15, 0.2) is 0 Å². The van der Waals surface area contributed by atoms with Crippen LogP contribution >= 0.6 is 12.4 Å². The number of aromatic nitrogens is 2. The fourth-order valence-corrected chi connectivity index (χ4v) is 3.19. The number of halogens is 4. The molecule has 0 spiro atoms. The van der Waals surface area contributed by atoms with Gasteiger partial charge in [-0.15, -0.1) is 12.4 Å². The highest BCUT2D eigenvalue weighted by Crippen LogP contribution is 2.30. The average Bonchev–Trinajstić information content (AvgIpc) is 2.50. The summed E-state index contributed by atoms with van der Waals surface area (Å²) in [5.74, 6) is 0.394. The van der Waals surface area contributed by atoms with Crippen molar-refractivity contribution in [2.24, 2.45) is 11.7 Å². The first kappa shape index (κ1) is 19.7. The molecule has 0 unspecified atom stereocenters. The molecule has 1 aliphatic carbocycles. The van der Waals surface area contributed by atoms with Crippen molar-refractivity contribution in [2.75, 3.05) is 24.5 Å². The molecular weight excluding hydrogens is 359 g/mol. The van der Waals surface area contributed by atoms with Gasteiger partial charge in [0, 0.05) is 50.0 Å². The van der Waals surface area contributed by atoms with Gasteiger partial charge in [0.25, 0.3) is 0 Å². The van der Waals surface area contributed by atoms with Crippen LogP contribution in [0.15, 0.2) is 12.4 Å². The number of hydrogen-bond donors (Lipinski definition) is 1. The largest absolute Gasteiger partial charge is 0.419 e. The van der Waals surface area contributed by atoms with E-state index in [-0.39, 0.29) is 42.3 Å². The van der Waals surface area contributed by atoms with Crippen LogP contribution in [0.5, 0.6) is 0 Å². The minimum atomic E-state index is -4.45. The zero-order valence-electron chi connectivity index (χ0n) is 13.7. The van der Waals surface area contributed by atoms with Crippen molar-refractivity contribution in [3.63, 3.8) is 0 Å². The van der Waals surface area contributed by atoms with Crippen LogP contribution in [0.3, 0.4) is 0 Å². The van der Waals surface area contributed by atoms with Crippen molar-refractivity contribution < 1.29 is 18.0 Å². The quantitative estimate of drug-likeness (QED) is 0.846. The molecule has 1 saturated carbocycles. The van der Waals surface area contributed by atoms with Crippen molar-refractivity contribution in [3.8, 4) is 0 Å². The molecular formula is C15H21ClF3N5O. The summed E-state index contributed by atoms with van der Waals surface area (Å²) in [6.45, 7) is 3.43. The molecule has 0 radical (unpaired) electrons. The number of anilines is 1. The highest BCUT2D eigenvalue weighted by Gasteiger charge is 2.37. The van der Waals surface area contributed by atoms with Crippen LogP contribution in [0, 0.1) is 5.92 Å². The average molecular weight is 380 g/mol. The normalized spacial score (nSPS) is 26.7. The monoisotopic (exact) mass is 379 g/mol. The molecule has 0 bridgehead atoms. The van der Waals surface area contributed by atoms with Crippen LogP contribution < -0.4 is 10.6 Å². The third-order valence-corrected chi connectivity index (χ3v) is 4.69. The number of carbonyl (C=O) groups excluding carboxylic acids is 1. The second-order valence-electron chi connectivity index (χ2n) is 6.52. The van der Waals surface area contributed by atoms with Crippen molar-refractivity contribution in [2.45, 2.75) is 38.0 Å². The van der Waals surface area contributed by atoms with Crippen LogP contribution in [-0.4, -0.2) is 52.5 Å². The lowest BCUT2D eigenvalue weighted by molar-refractivity contribution is -0.140. The fourth-order valence-electron chi connectivity index (χ4n) is 3.19. The van der Waals surface area contributed by atoms with E-state index < -0.39 is 11.7 Å². The number of nitrogens with two attached hydrogens (primary N) is 1. The number of carbonyl (C=O) groups is 1. The van der Waals surface area contributed by atoms with Gasteiger partial charge in [-0.3, -0.25) is 4.79 Å². The summed E-state index contributed by atoms with van der Waals surface area (Å²) >= 11 is 0. The molecule has 1 amide bonds. The second-order valence-corrected chi connectivity index (χ2v) is 6.52. The molecule has 2 aliphatic rings. The number of nitrogens with zero attached hydrogens (tertiary/aromatic N) is 4. The van der Waals surface area contributed by atoms with E-state index in [9.17, 15) is 18.0 Å². The van der Waals surface area contributed by atoms with Gasteiger partial charge in [0.05, 0.1) is 5.56 Å².